The second-order valence-electron chi connectivity index (χ2n) is 6.41. The molecular weight excluding hydrogens is 420 g/mol. The van der Waals surface area contributed by atoms with Crippen molar-refractivity contribution >= 4 is 34.8 Å². The number of guanidine groups is 1. The number of nitrogens with two attached hydrogens (primary N) is 1. The number of hydrogen-bond acceptors (Lipinski definition) is 6. The molecule has 3 heterocycles. The molecule has 2 N–H and O–H groups in total. The number of carbonyl (C=O) groups excluding carboxylic acids is 1. The highest BCUT2D eigenvalue weighted by molar-refractivity contribution is 7.13. The highest BCUT2D eigenvalue weighted by Gasteiger charge is 2.50. The molecule has 0 saturated carbocycles. The Kier molecular flexibility index (Phi) is 4.79. The molecule has 1 aromatic carbocycles. The average Bonchev–Trinajstić information content (AvgIpc) is 3.32. The van der Waals surface area contributed by atoms with E-state index >= 15 is 0 Å². The van der Waals surface area contributed by atoms with Crippen LogP contribution in [0.5, 0.6) is 0 Å². The van der Waals surface area contributed by atoms with Gasteiger partial charge in [-0.05, 0) is 47.0 Å². The summed E-state index contributed by atoms with van der Waals surface area (Å²) in [6.07, 6.45) is 0.105. The number of hydrogen-bond donors (Lipinski definition) is 1. The molecule has 148 valence electrons. The van der Waals surface area contributed by atoms with Gasteiger partial charge in [0.15, 0.2) is 11.5 Å². The predicted molar refractivity (Wildman–Crippen MR) is 107 cm³/mol. The number of carbonyl (C=O) groups is 1. The van der Waals surface area contributed by atoms with Crippen LogP contribution in [0, 0.1) is 0 Å². The minimum absolute atomic E-state index is 0.0234. The van der Waals surface area contributed by atoms with Crippen LogP contribution >= 0.6 is 22.9 Å². The van der Waals surface area contributed by atoms with Gasteiger partial charge in [-0.3, -0.25) is 19.7 Å². The van der Waals surface area contributed by atoms with Crippen molar-refractivity contribution in [2.45, 2.75) is 12.0 Å². The molecular formula is C19H14ClF2N5OS. The summed E-state index contributed by atoms with van der Waals surface area (Å²) in [6, 6.07) is 7.72. The first-order valence-corrected chi connectivity index (χ1v) is 9.66. The molecule has 0 aliphatic carbocycles. The number of aliphatic imine (C=N–C) groups is 1. The number of halogens is 3. The molecule has 2 aromatic heterocycles. The maximum atomic E-state index is 13.3. The zero-order valence-electron chi connectivity index (χ0n) is 15.0. The number of aromatic nitrogens is 2. The lowest BCUT2D eigenvalue weighted by atomic mass is 9.82. The third kappa shape index (κ3) is 3.16. The largest absolute Gasteiger partial charge is 0.369 e. The fraction of sp³-hybridized carbons (Fsp3) is 0.158. The first-order chi connectivity index (χ1) is 13.8. The van der Waals surface area contributed by atoms with Gasteiger partial charge < -0.3 is 5.73 Å². The molecule has 0 saturated heterocycles. The standard InChI is InChI=1S/C19H14ClF2N5OS/c1-27-17(28)19(26-18(27)23,11-2-3-25-14(7-11)16(21)22)12-4-10(5-13(20)6-12)15-8-24-9-29-15/h2-9,16H,1H3,(H2,23,26). The van der Waals surface area contributed by atoms with E-state index in [1.54, 1.807) is 29.9 Å². The first kappa shape index (κ1) is 19.4. The lowest BCUT2D eigenvalue weighted by molar-refractivity contribution is -0.129. The van der Waals surface area contributed by atoms with Gasteiger partial charge in [-0.25, -0.2) is 13.8 Å². The van der Waals surface area contributed by atoms with Crippen molar-refractivity contribution in [2.75, 3.05) is 7.05 Å². The summed E-state index contributed by atoms with van der Waals surface area (Å²) in [5.74, 6) is -0.497. The molecule has 29 heavy (non-hydrogen) atoms. The zero-order chi connectivity index (χ0) is 20.8. The highest BCUT2D eigenvalue weighted by atomic mass is 35.5. The van der Waals surface area contributed by atoms with Crippen molar-refractivity contribution in [3.05, 3.63) is 70.1 Å². The van der Waals surface area contributed by atoms with Gasteiger partial charge in [0, 0.05) is 24.5 Å². The Bertz CT molecular complexity index is 1120. The molecule has 1 atom stereocenters. The van der Waals surface area contributed by atoms with Gasteiger partial charge in [-0.1, -0.05) is 11.6 Å². The summed E-state index contributed by atoms with van der Waals surface area (Å²) in [4.78, 5) is 27.5. The topological polar surface area (TPSA) is 84.5 Å². The van der Waals surface area contributed by atoms with E-state index in [2.05, 4.69) is 15.0 Å². The first-order valence-electron chi connectivity index (χ1n) is 8.41. The van der Waals surface area contributed by atoms with Crippen LogP contribution in [-0.2, 0) is 10.3 Å². The summed E-state index contributed by atoms with van der Waals surface area (Å²) in [5, 5.41) is 0.365. The third-order valence-electron chi connectivity index (χ3n) is 4.69. The fourth-order valence-electron chi connectivity index (χ4n) is 3.28. The summed E-state index contributed by atoms with van der Waals surface area (Å²) in [6.45, 7) is 0. The number of thiazole rings is 1. The molecule has 4 rings (SSSR count). The maximum absolute atomic E-state index is 13.3. The number of rotatable bonds is 4. The van der Waals surface area contributed by atoms with E-state index < -0.39 is 23.6 Å². The molecule has 0 radical (unpaired) electrons. The van der Waals surface area contributed by atoms with Crippen molar-refractivity contribution in [1.29, 1.82) is 0 Å². The van der Waals surface area contributed by atoms with Crippen LogP contribution in [0.3, 0.4) is 0 Å². The molecule has 0 bridgehead atoms. The fourth-order valence-corrected chi connectivity index (χ4v) is 4.12. The van der Waals surface area contributed by atoms with E-state index in [9.17, 15) is 13.6 Å². The van der Waals surface area contributed by atoms with Gasteiger partial charge in [0.2, 0.25) is 0 Å². The number of nitrogens with zero attached hydrogens (tertiary/aromatic N) is 4. The monoisotopic (exact) mass is 433 g/mol. The van der Waals surface area contributed by atoms with E-state index in [0.29, 0.717) is 10.6 Å². The molecule has 1 unspecified atom stereocenters. The normalized spacial score (nSPS) is 19.1. The Morgan fingerprint density at radius 2 is 2.03 bits per heavy atom. The van der Waals surface area contributed by atoms with Gasteiger partial charge in [-0.2, -0.15) is 0 Å². The van der Waals surface area contributed by atoms with Crippen LogP contribution < -0.4 is 5.73 Å². The molecule has 1 aliphatic rings. The van der Waals surface area contributed by atoms with Gasteiger partial charge in [0.25, 0.3) is 12.3 Å². The molecule has 3 aromatic rings. The molecule has 0 fully saturated rings. The van der Waals surface area contributed by atoms with Crippen LogP contribution in [-0.4, -0.2) is 33.8 Å². The van der Waals surface area contributed by atoms with E-state index in [-0.39, 0.29) is 11.5 Å². The minimum atomic E-state index is -2.80. The van der Waals surface area contributed by atoms with Crippen LogP contribution in [0.1, 0.15) is 23.2 Å². The molecule has 1 amide bonds. The Balaban J connectivity index is 1.99. The summed E-state index contributed by atoms with van der Waals surface area (Å²) < 4.78 is 26.6. The number of benzene rings is 1. The lowest BCUT2D eigenvalue weighted by Gasteiger charge is -2.27. The van der Waals surface area contributed by atoms with E-state index in [0.717, 1.165) is 10.4 Å². The van der Waals surface area contributed by atoms with Crippen LogP contribution in [0.15, 0.2) is 53.2 Å². The van der Waals surface area contributed by atoms with Crippen molar-refractivity contribution in [2.24, 2.45) is 10.7 Å². The van der Waals surface area contributed by atoms with Gasteiger partial charge in [0.05, 0.1) is 10.4 Å². The van der Waals surface area contributed by atoms with Crippen molar-refractivity contribution in [3.8, 4) is 10.4 Å². The minimum Gasteiger partial charge on any atom is -0.369 e. The van der Waals surface area contributed by atoms with Crippen molar-refractivity contribution < 1.29 is 13.6 Å². The zero-order valence-corrected chi connectivity index (χ0v) is 16.6. The van der Waals surface area contributed by atoms with E-state index in [1.807, 2.05) is 0 Å². The maximum Gasteiger partial charge on any atom is 0.280 e. The second-order valence-corrected chi connectivity index (χ2v) is 7.73. The van der Waals surface area contributed by atoms with Gasteiger partial charge >= 0.3 is 0 Å². The Hall–Kier alpha value is -2.91. The molecule has 10 heteroatoms. The van der Waals surface area contributed by atoms with Crippen molar-refractivity contribution in [3.63, 3.8) is 0 Å². The average molecular weight is 434 g/mol. The van der Waals surface area contributed by atoms with Crippen LogP contribution in [0.4, 0.5) is 8.78 Å². The number of pyridine rings is 1. The Morgan fingerprint density at radius 3 is 2.66 bits per heavy atom. The number of likely N-dealkylation sites (N-methyl/N-ethyl adjacent to an activating group) is 1. The molecule has 6 nitrogen and oxygen atoms in total. The molecule has 1 aliphatic heterocycles. The highest BCUT2D eigenvalue weighted by Crippen LogP contribution is 2.42. The summed E-state index contributed by atoms with van der Waals surface area (Å²) in [5.41, 5.74) is 6.89. The van der Waals surface area contributed by atoms with Gasteiger partial charge in [0.1, 0.15) is 5.69 Å². The van der Waals surface area contributed by atoms with Gasteiger partial charge in [-0.15, -0.1) is 11.3 Å². The smallest absolute Gasteiger partial charge is 0.280 e. The third-order valence-corrected chi connectivity index (χ3v) is 5.74. The van der Waals surface area contributed by atoms with Crippen LogP contribution in [0.2, 0.25) is 5.02 Å². The number of alkyl halides is 2. The molecule has 0 spiro atoms. The van der Waals surface area contributed by atoms with Crippen molar-refractivity contribution in [1.82, 2.24) is 14.9 Å². The van der Waals surface area contributed by atoms with E-state index in [1.165, 1.54) is 41.6 Å². The Morgan fingerprint density at radius 1 is 1.24 bits per heavy atom. The summed E-state index contributed by atoms with van der Waals surface area (Å²) in [7, 11) is 1.48. The number of amides is 1. The second kappa shape index (κ2) is 7.16. The summed E-state index contributed by atoms with van der Waals surface area (Å²) >= 11 is 7.75. The lowest BCUT2D eigenvalue weighted by Crippen LogP contribution is -2.41. The predicted octanol–water partition coefficient (Wildman–Crippen LogP) is 3.83. The van der Waals surface area contributed by atoms with Crippen LogP contribution in [0.25, 0.3) is 10.4 Å². The van der Waals surface area contributed by atoms with E-state index in [4.69, 9.17) is 17.3 Å². The Labute approximate surface area is 173 Å². The SMILES string of the molecule is CN1C(=O)C(c2cc(Cl)cc(-c3cncs3)c2)(c2ccnc(C(F)F)c2)N=C1N. The quantitative estimate of drug-likeness (QED) is 0.677.